The summed E-state index contributed by atoms with van der Waals surface area (Å²) in [5, 5.41) is 3.56. The number of thiocarbonyl (C=S) groups is 1. The van der Waals surface area contributed by atoms with Crippen molar-refractivity contribution in [2.75, 3.05) is 18.1 Å². The average Bonchev–Trinajstić information content (AvgIpc) is 2.60. The van der Waals surface area contributed by atoms with E-state index in [2.05, 4.69) is 27.3 Å². The molecule has 0 bridgehead atoms. The number of para-hydroxylation sites is 1. The Morgan fingerprint density at radius 2 is 2.12 bits per heavy atom. The average molecular weight is 440 g/mol. The van der Waals surface area contributed by atoms with Gasteiger partial charge in [-0.3, -0.25) is 10.1 Å². The number of nitrogens with zero attached hydrogens (tertiary/aromatic N) is 1. The number of hydrogen-bond acceptors (Lipinski definition) is 3. The van der Waals surface area contributed by atoms with Gasteiger partial charge in [-0.2, -0.15) is 0 Å². The first-order valence-electron chi connectivity index (χ1n) is 7.81. The van der Waals surface area contributed by atoms with Gasteiger partial charge in [-0.25, -0.2) is 0 Å². The lowest BCUT2D eigenvalue weighted by atomic mass is 10.0. The molecule has 130 valence electrons. The number of carbonyl (C=O) groups excluding carboxylic acids is 1. The lowest BCUT2D eigenvalue weighted by Gasteiger charge is -2.31. The molecule has 1 aliphatic heterocycles. The van der Waals surface area contributed by atoms with Gasteiger partial charge in [-0.05, 0) is 54.9 Å². The smallest absolute Gasteiger partial charge is 0.264 e. The molecule has 3 rings (SSSR count). The highest BCUT2D eigenvalue weighted by molar-refractivity contribution is 9.10. The molecule has 0 atom stereocenters. The Labute approximate surface area is 165 Å². The summed E-state index contributed by atoms with van der Waals surface area (Å²) in [6.45, 7) is 0.631. The third-order valence-corrected chi connectivity index (χ3v) is 4.97. The van der Waals surface area contributed by atoms with Crippen molar-refractivity contribution in [1.29, 1.82) is 0 Å². The maximum atomic E-state index is 12.2. The number of amides is 1. The molecule has 25 heavy (non-hydrogen) atoms. The number of rotatable bonds is 3. The van der Waals surface area contributed by atoms with Gasteiger partial charge in [0.05, 0.1) is 5.02 Å². The van der Waals surface area contributed by atoms with Crippen LogP contribution in [0.4, 0.5) is 5.69 Å². The highest BCUT2D eigenvalue weighted by atomic mass is 79.9. The zero-order valence-corrected chi connectivity index (χ0v) is 16.5. The van der Waals surface area contributed by atoms with Crippen LogP contribution in [0, 0.1) is 0 Å². The van der Waals surface area contributed by atoms with Crippen molar-refractivity contribution in [2.24, 2.45) is 0 Å². The molecule has 1 aliphatic rings. The Bertz CT molecular complexity index is 815. The van der Waals surface area contributed by atoms with Crippen LogP contribution in [-0.4, -0.2) is 24.2 Å². The first-order chi connectivity index (χ1) is 12.0. The molecule has 0 saturated heterocycles. The summed E-state index contributed by atoms with van der Waals surface area (Å²) < 4.78 is 6.31. The summed E-state index contributed by atoms with van der Waals surface area (Å²) in [4.78, 5) is 14.1. The molecule has 0 aliphatic carbocycles. The summed E-state index contributed by atoms with van der Waals surface area (Å²) in [6.07, 6.45) is 2.02. The minimum atomic E-state index is -0.313. The van der Waals surface area contributed by atoms with E-state index in [1.807, 2.05) is 23.1 Å². The first-order valence-corrected chi connectivity index (χ1v) is 9.39. The summed E-state index contributed by atoms with van der Waals surface area (Å²) in [6, 6.07) is 13.3. The molecular weight excluding hydrogens is 424 g/mol. The van der Waals surface area contributed by atoms with Gasteiger partial charge in [0.1, 0.15) is 5.75 Å². The molecule has 1 N–H and O–H groups in total. The minimum Gasteiger partial charge on any atom is -0.482 e. The summed E-state index contributed by atoms with van der Waals surface area (Å²) in [5.74, 6) is 0.140. The monoisotopic (exact) mass is 438 g/mol. The molecule has 0 saturated carbocycles. The van der Waals surface area contributed by atoms with Crippen LogP contribution in [-0.2, 0) is 11.2 Å². The number of hydrogen-bond donors (Lipinski definition) is 1. The van der Waals surface area contributed by atoms with E-state index in [-0.39, 0.29) is 12.5 Å². The largest absolute Gasteiger partial charge is 0.482 e. The van der Waals surface area contributed by atoms with E-state index in [9.17, 15) is 4.79 Å². The van der Waals surface area contributed by atoms with Crippen molar-refractivity contribution in [2.45, 2.75) is 12.8 Å². The SMILES string of the molecule is O=C(COc1ccc(Br)cc1Cl)NC(=S)N1CCCc2ccccc21. The highest BCUT2D eigenvalue weighted by Gasteiger charge is 2.21. The summed E-state index contributed by atoms with van der Waals surface area (Å²) in [7, 11) is 0. The van der Waals surface area contributed by atoms with Crippen molar-refractivity contribution in [3.63, 3.8) is 0 Å². The first kappa shape index (κ1) is 18.2. The number of ether oxygens (including phenoxy) is 1. The number of nitrogens with one attached hydrogen (secondary N) is 1. The molecule has 4 nitrogen and oxygen atoms in total. The van der Waals surface area contributed by atoms with E-state index in [1.54, 1.807) is 18.2 Å². The second-order valence-electron chi connectivity index (χ2n) is 5.60. The molecule has 0 aromatic heterocycles. The third-order valence-electron chi connectivity index (χ3n) is 3.85. The van der Waals surface area contributed by atoms with E-state index in [4.69, 9.17) is 28.6 Å². The zero-order valence-electron chi connectivity index (χ0n) is 13.3. The fraction of sp³-hybridized carbons (Fsp3) is 0.222. The van der Waals surface area contributed by atoms with E-state index >= 15 is 0 Å². The van der Waals surface area contributed by atoms with Gasteiger partial charge in [-0.1, -0.05) is 45.7 Å². The van der Waals surface area contributed by atoms with Crippen molar-refractivity contribution in [3.05, 3.63) is 57.5 Å². The molecule has 2 aromatic carbocycles. The second kappa shape index (κ2) is 8.17. The molecule has 0 unspecified atom stereocenters. The molecule has 0 spiro atoms. The minimum absolute atomic E-state index is 0.156. The predicted molar refractivity (Wildman–Crippen MR) is 107 cm³/mol. The van der Waals surface area contributed by atoms with E-state index in [0.29, 0.717) is 15.9 Å². The maximum Gasteiger partial charge on any atom is 0.264 e. The van der Waals surface area contributed by atoms with E-state index < -0.39 is 0 Å². The third kappa shape index (κ3) is 4.51. The Balaban J connectivity index is 1.59. The quantitative estimate of drug-likeness (QED) is 0.723. The topological polar surface area (TPSA) is 41.6 Å². The van der Waals surface area contributed by atoms with Gasteiger partial charge in [0.25, 0.3) is 5.91 Å². The van der Waals surface area contributed by atoms with Gasteiger partial charge in [-0.15, -0.1) is 0 Å². The van der Waals surface area contributed by atoms with Crippen LogP contribution in [0.1, 0.15) is 12.0 Å². The molecule has 7 heteroatoms. The van der Waals surface area contributed by atoms with Crippen molar-refractivity contribution < 1.29 is 9.53 Å². The van der Waals surface area contributed by atoms with Crippen LogP contribution in [0.5, 0.6) is 5.75 Å². The Morgan fingerprint density at radius 1 is 1.32 bits per heavy atom. The number of anilines is 1. The summed E-state index contributed by atoms with van der Waals surface area (Å²) in [5.41, 5.74) is 2.29. The lowest BCUT2D eigenvalue weighted by Crippen LogP contribution is -2.46. The zero-order chi connectivity index (χ0) is 17.8. The van der Waals surface area contributed by atoms with Crippen LogP contribution < -0.4 is 15.0 Å². The van der Waals surface area contributed by atoms with Crippen LogP contribution >= 0.6 is 39.7 Å². The predicted octanol–water partition coefficient (Wildman–Crippen LogP) is 4.34. The molecule has 0 radical (unpaired) electrons. The Hall–Kier alpha value is -1.63. The number of fused-ring (bicyclic) bond motifs is 1. The second-order valence-corrected chi connectivity index (χ2v) is 7.31. The Morgan fingerprint density at radius 3 is 2.92 bits per heavy atom. The molecule has 1 amide bonds. The fourth-order valence-corrected chi connectivity index (χ4v) is 3.73. The molecular formula is C18H16BrClN2O2S. The highest BCUT2D eigenvalue weighted by Crippen LogP contribution is 2.28. The Kier molecular flexibility index (Phi) is 5.93. The van der Waals surface area contributed by atoms with Crippen molar-refractivity contribution in [1.82, 2.24) is 5.32 Å². The normalized spacial score (nSPS) is 13.1. The molecule has 1 heterocycles. The number of benzene rings is 2. The fourth-order valence-electron chi connectivity index (χ4n) is 2.70. The maximum absolute atomic E-state index is 12.2. The number of aryl methyl sites for hydroxylation is 1. The lowest BCUT2D eigenvalue weighted by molar-refractivity contribution is -0.121. The van der Waals surface area contributed by atoms with Gasteiger partial charge >= 0.3 is 0 Å². The van der Waals surface area contributed by atoms with Crippen LogP contribution in [0.3, 0.4) is 0 Å². The van der Waals surface area contributed by atoms with Gasteiger partial charge in [0, 0.05) is 16.7 Å². The van der Waals surface area contributed by atoms with E-state index in [1.165, 1.54) is 5.56 Å². The molecule has 2 aromatic rings. The number of carbonyl (C=O) groups is 1. The van der Waals surface area contributed by atoms with Gasteiger partial charge < -0.3 is 9.64 Å². The van der Waals surface area contributed by atoms with Crippen molar-refractivity contribution >= 4 is 56.5 Å². The van der Waals surface area contributed by atoms with E-state index in [0.717, 1.165) is 29.5 Å². The van der Waals surface area contributed by atoms with Gasteiger partial charge in [0.15, 0.2) is 11.7 Å². The van der Waals surface area contributed by atoms with Crippen LogP contribution in [0.15, 0.2) is 46.9 Å². The van der Waals surface area contributed by atoms with Crippen LogP contribution in [0.2, 0.25) is 5.02 Å². The summed E-state index contributed by atoms with van der Waals surface area (Å²) >= 11 is 14.8. The number of halogens is 2. The van der Waals surface area contributed by atoms with Crippen molar-refractivity contribution in [3.8, 4) is 5.75 Å². The molecule has 0 fully saturated rings. The standard InChI is InChI=1S/C18H16BrClN2O2S/c19-13-7-8-16(14(20)10-13)24-11-17(23)21-18(25)22-9-3-5-12-4-1-2-6-15(12)22/h1-2,4,6-8,10H,3,5,9,11H2,(H,21,23,25). The van der Waals surface area contributed by atoms with Crippen LogP contribution in [0.25, 0.3) is 0 Å². The van der Waals surface area contributed by atoms with Gasteiger partial charge in [0.2, 0.25) is 0 Å².